The predicted molar refractivity (Wildman–Crippen MR) is 70.2 cm³/mol. The molecule has 0 aromatic heterocycles. The predicted octanol–water partition coefficient (Wildman–Crippen LogP) is 1.56. The average Bonchev–Trinajstić information content (AvgIpc) is 2.22. The first-order valence-corrected chi connectivity index (χ1v) is 8.36. The topological polar surface area (TPSA) is 60.2 Å². The van der Waals surface area contributed by atoms with Crippen molar-refractivity contribution in [3.05, 3.63) is 35.1 Å². The molecule has 2 N–H and O–H groups in total. The average molecular weight is 277 g/mol. The Labute approximate surface area is 106 Å². The van der Waals surface area contributed by atoms with Crippen molar-refractivity contribution >= 4 is 21.6 Å². The summed E-state index contributed by atoms with van der Waals surface area (Å²) in [5, 5.41) is 0. The molecular weight excluding hydrogens is 261 g/mol. The van der Waals surface area contributed by atoms with E-state index < -0.39 is 9.84 Å². The first kappa shape index (κ1) is 14.5. The maximum Gasteiger partial charge on any atom is 0.148 e. The molecule has 0 unspecified atom stereocenters. The summed E-state index contributed by atoms with van der Waals surface area (Å²) in [6.07, 6.45) is 1.21. The van der Waals surface area contributed by atoms with Crippen LogP contribution in [-0.4, -0.2) is 26.2 Å². The summed E-state index contributed by atoms with van der Waals surface area (Å²) in [5.74, 6) is 0.969. The highest BCUT2D eigenvalue weighted by Crippen LogP contribution is 2.16. The Kier molecular flexibility index (Phi) is 5.42. The summed E-state index contributed by atoms with van der Waals surface area (Å²) in [4.78, 5) is 0. The van der Waals surface area contributed by atoms with Crippen LogP contribution in [0.3, 0.4) is 0 Å². The molecule has 0 saturated carbocycles. The molecule has 0 amide bonds. The number of sulfone groups is 1. The van der Waals surface area contributed by atoms with Crippen LogP contribution in [0.4, 0.5) is 4.39 Å². The van der Waals surface area contributed by atoms with Gasteiger partial charge in [-0.1, -0.05) is 6.07 Å². The van der Waals surface area contributed by atoms with Gasteiger partial charge in [0.1, 0.15) is 15.7 Å². The maximum atomic E-state index is 13.2. The molecular formula is C11H16FNO2S2. The molecule has 3 nitrogen and oxygen atoms in total. The number of benzene rings is 1. The first-order valence-electron chi connectivity index (χ1n) is 5.14. The van der Waals surface area contributed by atoms with Crippen LogP contribution < -0.4 is 5.73 Å². The van der Waals surface area contributed by atoms with E-state index >= 15 is 0 Å². The van der Waals surface area contributed by atoms with Crippen LogP contribution in [0.25, 0.3) is 0 Å². The Balaban J connectivity index is 2.49. The smallest absolute Gasteiger partial charge is 0.148 e. The maximum absolute atomic E-state index is 13.2. The van der Waals surface area contributed by atoms with E-state index in [1.807, 2.05) is 6.07 Å². The van der Waals surface area contributed by atoms with Crippen LogP contribution in [0.2, 0.25) is 0 Å². The molecule has 0 aliphatic carbocycles. The van der Waals surface area contributed by atoms with E-state index in [2.05, 4.69) is 0 Å². The summed E-state index contributed by atoms with van der Waals surface area (Å²) in [6, 6.07) is 4.70. The third-order valence-corrected chi connectivity index (χ3v) is 4.35. The molecule has 1 aromatic rings. The third kappa shape index (κ3) is 6.05. The van der Waals surface area contributed by atoms with Crippen LogP contribution in [0, 0.1) is 5.82 Å². The second-order valence-electron chi connectivity index (χ2n) is 3.85. The standard InChI is InChI=1S/C11H16FNO2S2/c1-17(14,15)3-2-16-8-10-4-9(7-13)5-11(12)6-10/h4-6H,2-3,7-8,13H2,1H3. The zero-order chi connectivity index (χ0) is 12.9. The number of hydrogen-bond donors (Lipinski definition) is 1. The van der Waals surface area contributed by atoms with Gasteiger partial charge in [0, 0.05) is 24.3 Å². The summed E-state index contributed by atoms with van der Waals surface area (Å²) >= 11 is 1.47. The molecule has 1 rings (SSSR count). The molecule has 1 aromatic carbocycles. The lowest BCUT2D eigenvalue weighted by Gasteiger charge is -2.04. The summed E-state index contributed by atoms with van der Waals surface area (Å²) < 4.78 is 35.0. The van der Waals surface area contributed by atoms with Crippen molar-refractivity contribution in [1.82, 2.24) is 0 Å². The van der Waals surface area contributed by atoms with E-state index in [-0.39, 0.29) is 11.6 Å². The van der Waals surface area contributed by atoms with Crippen LogP contribution in [0.5, 0.6) is 0 Å². The van der Waals surface area contributed by atoms with Crippen LogP contribution >= 0.6 is 11.8 Å². The largest absolute Gasteiger partial charge is 0.326 e. The van der Waals surface area contributed by atoms with Crippen molar-refractivity contribution in [2.75, 3.05) is 17.8 Å². The highest BCUT2D eigenvalue weighted by atomic mass is 32.2. The quantitative estimate of drug-likeness (QED) is 0.802. The SMILES string of the molecule is CS(=O)(=O)CCSCc1cc(F)cc(CN)c1. The van der Waals surface area contributed by atoms with Crippen molar-refractivity contribution in [2.45, 2.75) is 12.3 Å². The highest BCUT2D eigenvalue weighted by Gasteiger charge is 2.03. The highest BCUT2D eigenvalue weighted by molar-refractivity contribution is 7.99. The number of thioether (sulfide) groups is 1. The van der Waals surface area contributed by atoms with Crippen molar-refractivity contribution < 1.29 is 12.8 Å². The van der Waals surface area contributed by atoms with Gasteiger partial charge in [0.25, 0.3) is 0 Å². The zero-order valence-electron chi connectivity index (χ0n) is 9.65. The molecule has 0 saturated heterocycles. The van der Waals surface area contributed by atoms with Gasteiger partial charge in [0.05, 0.1) is 5.75 Å². The molecule has 0 radical (unpaired) electrons. The lowest BCUT2D eigenvalue weighted by molar-refractivity contribution is 0.603. The Hall–Kier alpha value is -0.590. The second-order valence-corrected chi connectivity index (χ2v) is 7.22. The minimum atomic E-state index is -2.91. The molecule has 96 valence electrons. The van der Waals surface area contributed by atoms with E-state index in [9.17, 15) is 12.8 Å². The summed E-state index contributed by atoms with van der Waals surface area (Å²) in [5.41, 5.74) is 7.04. The second kappa shape index (κ2) is 6.37. The fourth-order valence-corrected chi connectivity index (χ4v) is 3.55. The molecule has 0 fully saturated rings. The van der Waals surface area contributed by atoms with Gasteiger partial charge in [-0.2, -0.15) is 11.8 Å². The Morgan fingerprint density at radius 2 is 1.94 bits per heavy atom. The van der Waals surface area contributed by atoms with E-state index in [0.29, 0.717) is 18.1 Å². The van der Waals surface area contributed by atoms with Gasteiger partial charge in [-0.05, 0) is 23.3 Å². The van der Waals surface area contributed by atoms with Crippen LogP contribution in [-0.2, 0) is 22.1 Å². The summed E-state index contributed by atoms with van der Waals surface area (Å²) in [7, 11) is -2.91. The molecule has 0 aliphatic rings. The zero-order valence-corrected chi connectivity index (χ0v) is 11.3. The van der Waals surface area contributed by atoms with E-state index in [1.165, 1.54) is 30.2 Å². The van der Waals surface area contributed by atoms with Crippen molar-refractivity contribution in [3.63, 3.8) is 0 Å². The first-order chi connectivity index (χ1) is 7.90. The molecule has 0 atom stereocenters. The molecule has 17 heavy (non-hydrogen) atoms. The van der Waals surface area contributed by atoms with Crippen molar-refractivity contribution in [3.8, 4) is 0 Å². The van der Waals surface area contributed by atoms with E-state index in [0.717, 1.165) is 11.1 Å². The normalized spacial score (nSPS) is 11.7. The van der Waals surface area contributed by atoms with Gasteiger partial charge in [-0.15, -0.1) is 0 Å². The Morgan fingerprint density at radius 1 is 1.29 bits per heavy atom. The molecule has 0 heterocycles. The van der Waals surface area contributed by atoms with Crippen molar-refractivity contribution in [1.29, 1.82) is 0 Å². The van der Waals surface area contributed by atoms with E-state index in [1.54, 1.807) is 0 Å². The Morgan fingerprint density at radius 3 is 2.53 bits per heavy atom. The minimum Gasteiger partial charge on any atom is -0.326 e. The van der Waals surface area contributed by atoms with Gasteiger partial charge in [0.15, 0.2) is 0 Å². The van der Waals surface area contributed by atoms with Gasteiger partial charge in [-0.3, -0.25) is 0 Å². The minimum absolute atomic E-state index is 0.150. The molecule has 0 aliphatic heterocycles. The lowest BCUT2D eigenvalue weighted by Crippen LogP contribution is -2.05. The van der Waals surface area contributed by atoms with Crippen molar-refractivity contribution in [2.24, 2.45) is 5.73 Å². The van der Waals surface area contributed by atoms with Gasteiger partial charge in [0.2, 0.25) is 0 Å². The number of nitrogens with two attached hydrogens (primary N) is 1. The third-order valence-electron chi connectivity index (χ3n) is 2.12. The molecule has 0 bridgehead atoms. The monoisotopic (exact) mass is 277 g/mol. The molecule has 6 heteroatoms. The fraction of sp³-hybridized carbons (Fsp3) is 0.455. The van der Waals surface area contributed by atoms with Gasteiger partial charge >= 0.3 is 0 Å². The lowest BCUT2D eigenvalue weighted by atomic mass is 10.1. The fourth-order valence-electron chi connectivity index (χ4n) is 1.32. The number of hydrogen-bond acceptors (Lipinski definition) is 4. The number of halogens is 1. The van der Waals surface area contributed by atoms with E-state index in [4.69, 9.17) is 5.73 Å². The van der Waals surface area contributed by atoms with Gasteiger partial charge in [-0.25, -0.2) is 12.8 Å². The van der Waals surface area contributed by atoms with Crippen LogP contribution in [0.1, 0.15) is 11.1 Å². The van der Waals surface area contributed by atoms with Gasteiger partial charge < -0.3 is 5.73 Å². The van der Waals surface area contributed by atoms with Crippen LogP contribution in [0.15, 0.2) is 18.2 Å². The summed E-state index contributed by atoms with van der Waals surface area (Å²) in [6.45, 7) is 0.304. The Bertz CT molecular complexity index is 474. The number of rotatable bonds is 6. The molecule has 0 spiro atoms.